The summed E-state index contributed by atoms with van der Waals surface area (Å²) < 4.78 is 11.9. The Morgan fingerprint density at radius 3 is 1.85 bits per heavy atom. The Morgan fingerprint density at radius 1 is 0.950 bits per heavy atom. The highest BCUT2D eigenvalue weighted by Gasteiger charge is 2.39. The molecule has 0 fully saturated rings. The molecular formula is C17H36O3. The van der Waals surface area contributed by atoms with Crippen molar-refractivity contribution in [3.8, 4) is 0 Å². The van der Waals surface area contributed by atoms with Crippen LogP contribution in [0, 0.1) is 5.41 Å². The van der Waals surface area contributed by atoms with Gasteiger partial charge < -0.3 is 14.6 Å². The zero-order valence-corrected chi connectivity index (χ0v) is 15.0. The van der Waals surface area contributed by atoms with Gasteiger partial charge in [0.15, 0.2) is 0 Å². The second kappa shape index (κ2) is 7.24. The fraction of sp³-hybridized carbons (Fsp3) is 1.00. The molecule has 0 heterocycles. The van der Waals surface area contributed by atoms with Crippen LogP contribution in [-0.4, -0.2) is 35.1 Å². The van der Waals surface area contributed by atoms with Gasteiger partial charge in [-0.2, -0.15) is 0 Å². The molecule has 0 aliphatic carbocycles. The third-order valence-corrected chi connectivity index (χ3v) is 4.09. The molecule has 3 nitrogen and oxygen atoms in total. The summed E-state index contributed by atoms with van der Waals surface area (Å²) in [5.41, 5.74) is -0.950. The largest absolute Gasteiger partial charge is 0.390 e. The topological polar surface area (TPSA) is 38.7 Å². The highest BCUT2D eigenvalue weighted by atomic mass is 16.5. The Morgan fingerprint density at radius 2 is 1.45 bits per heavy atom. The van der Waals surface area contributed by atoms with Crippen LogP contribution in [0.1, 0.15) is 75.2 Å². The van der Waals surface area contributed by atoms with Crippen LogP contribution in [0.3, 0.4) is 0 Å². The minimum Gasteiger partial charge on any atom is -0.390 e. The molecule has 0 amide bonds. The second-order valence-electron chi connectivity index (χ2n) is 8.01. The lowest BCUT2D eigenvalue weighted by atomic mass is 9.74. The molecule has 1 unspecified atom stereocenters. The summed E-state index contributed by atoms with van der Waals surface area (Å²) in [6.07, 6.45) is 1.88. The summed E-state index contributed by atoms with van der Waals surface area (Å²) in [5, 5.41) is 9.89. The van der Waals surface area contributed by atoms with Gasteiger partial charge in [0.25, 0.3) is 0 Å². The molecule has 0 bridgehead atoms. The summed E-state index contributed by atoms with van der Waals surface area (Å²) in [5.74, 6) is 0. The summed E-state index contributed by atoms with van der Waals surface area (Å²) in [6, 6.07) is 0. The molecule has 0 aromatic carbocycles. The van der Waals surface area contributed by atoms with Crippen LogP contribution in [0.2, 0.25) is 0 Å². The van der Waals surface area contributed by atoms with Gasteiger partial charge in [0, 0.05) is 13.0 Å². The molecule has 0 aromatic rings. The first kappa shape index (κ1) is 19.9. The molecule has 1 atom stereocenters. The fourth-order valence-corrected chi connectivity index (χ4v) is 2.26. The lowest BCUT2D eigenvalue weighted by molar-refractivity contribution is -0.152. The summed E-state index contributed by atoms with van der Waals surface area (Å²) in [7, 11) is 0. The van der Waals surface area contributed by atoms with Crippen LogP contribution in [0.4, 0.5) is 0 Å². The molecule has 20 heavy (non-hydrogen) atoms. The van der Waals surface area contributed by atoms with Crippen LogP contribution in [0.25, 0.3) is 0 Å². The van der Waals surface area contributed by atoms with Crippen LogP contribution >= 0.6 is 0 Å². The standard InChI is InChI=1S/C17H36O3/c1-13(2)19-11-10-15(4,5)17(8,9)20-14(3)12-16(6,7)18/h13-14,18H,10-12H2,1-9H3. The third-order valence-electron chi connectivity index (χ3n) is 4.09. The van der Waals surface area contributed by atoms with E-state index < -0.39 is 5.60 Å². The summed E-state index contributed by atoms with van der Waals surface area (Å²) in [4.78, 5) is 0. The van der Waals surface area contributed by atoms with Gasteiger partial charge in [-0.15, -0.1) is 0 Å². The minimum absolute atomic E-state index is 0.00967. The first-order valence-corrected chi connectivity index (χ1v) is 7.79. The molecule has 3 heteroatoms. The quantitative estimate of drug-likeness (QED) is 0.692. The molecule has 0 saturated carbocycles. The average molecular weight is 288 g/mol. The molecular weight excluding hydrogens is 252 g/mol. The summed E-state index contributed by atoms with van der Waals surface area (Å²) in [6.45, 7) is 19.2. The van der Waals surface area contributed by atoms with Gasteiger partial charge in [0.05, 0.1) is 23.4 Å². The van der Waals surface area contributed by atoms with Gasteiger partial charge in [-0.05, 0) is 60.3 Å². The predicted octanol–water partition coefficient (Wildman–Crippen LogP) is 4.17. The van der Waals surface area contributed by atoms with E-state index in [1.54, 1.807) is 0 Å². The van der Waals surface area contributed by atoms with E-state index in [9.17, 15) is 5.11 Å². The number of rotatable bonds is 9. The molecule has 0 aliphatic rings. The van der Waals surface area contributed by atoms with Gasteiger partial charge in [-0.3, -0.25) is 0 Å². The maximum absolute atomic E-state index is 9.89. The zero-order valence-electron chi connectivity index (χ0n) is 15.0. The first-order chi connectivity index (χ1) is 8.77. The smallest absolute Gasteiger partial charge is 0.0681 e. The molecule has 0 aromatic heterocycles. The van der Waals surface area contributed by atoms with E-state index in [0.29, 0.717) is 6.42 Å². The Labute approximate surface area is 126 Å². The van der Waals surface area contributed by atoms with Gasteiger partial charge >= 0.3 is 0 Å². The second-order valence-corrected chi connectivity index (χ2v) is 8.01. The highest BCUT2D eigenvalue weighted by Crippen LogP contribution is 2.38. The average Bonchev–Trinajstić information content (AvgIpc) is 2.11. The van der Waals surface area contributed by atoms with E-state index in [0.717, 1.165) is 13.0 Å². The normalized spacial score (nSPS) is 15.8. The summed E-state index contributed by atoms with van der Waals surface area (Å²) >= 11 is 0. The Kier molecular flexibility index (Phi) is 7.19. The maximum atomic E-state index is 9.89. The number of hydrogen-bond acceptors (Lipinski definition) is 3. The molecule has 0 spiro atoms. The minimum atomic E-state index is -0.694. The van der Waals surface area contributed by atoms with E-state index in [2.05, 4.69) is 41.5 Å². The van der Waals surface area contributed by atoms with E-state index in [1.807, 2.05) is 20.8 Å². The van der Waals surface area contributed by atoms with Gasteiger partial charge in [-0.25, -0.2) is 0 Å². The van der Waals surface area contributed by atoms with Crippen molar-refractivity contribution in [2.24, 2.45) is 5.41 Å². The van der Waals surface area contributed by atoms with Gasteiger partial charge in [0.1, 0.15) is 0 Å². The number of hydrogen-bond donors (Lipinski definition) is 1. The zero-order chi connectivity index (χ0) is 16.2. The van der Waals surface area contributed by atoms with Crippen molar-refractivity contribution in [2.75, 3.05) is 6.61 Å². The van der Waals surface area contributed by atoms with Crippen molar-refractivity contribution < 1.29 is 14.6 Å². The SMILES string of the molecule is CC(C)OCCC(C)(C)C(C)(C)OC(C)CC(C)(C)O. The Bertz CT molecular complexity index is 274. The van der Waals surface area contributed by atoms with Crippen molar-refractivity contribution >= 4 is 0 Å². The van der Waals surface area contributed by atoms with Crippen LogP contribution in [-0.2, 0) is 9.47 Å². The first-order valence-electron chi connectivity index (χ1n) is 7.79. The monoisotopic (exact) mass is 288 g/mol. The Balaban J connectivity index is 4.51. The van der Waals surface area contributed by atoms with Crippen molar-refractivity contribution in [3.05, 3.63) is 0 Å². The molecule has 0 rings (SSSR count). The van der Waals surface area contributed by atoms with E-state index >= 15 is 0 Å². The maximum Gasteiger partial charge on any atom is 0.0681 e. The van der Waals surface area contributed by atoms with Gasteiger partial charge in [-0.1, -0.05) is 13.8 Å². The molecule has 0 radical (unpaired) electrons. The molecule has 1 N–H and O–H groups in total. The van der Waals surface area contributed by atoms with E-state index in [-0.39, 0.29) is 23.2 Å². The lowest BCUT2D eigenvalue weighted by Gasteiger charge is -2.44. The van der Waals surface area contributed by atoms with Crippen molar-refractivity contribution in [1.29, 1.82) is 0 Å². The predicted molar refractivity (Wildman–Crippen MR) is 85.0 cm³/mol. The van der Waals surface area contributed by atoms with E-state index in [1.165, 1.54) is 0 Å². The third kappa shape index (κ3) is 7.61. The highest BCUT2D eigenvalue weighted by molar-refractivity contribution is 4.89. The fourth-order valence-electron chi connectivity index (χ4n) is 2.26. The molecule has 0 aliphatic heterocycles. The van der Waals surface area contributed by atoms with Crippen molar-refractivity contribution in [3.63, 3.8) is 0 Å². The van der Waals surface area contributed by atoms with Gasteiger partial charge in [0.2, 0.25) is 0 Å². The molecule has 0 saturated heterocycles. The van der Waals surface area contributed by atoms with Crippen LogP contribution < -0.4 is 0 Å². The van der Waals surface area contributed by atoms with E-state index in [4.69, 9.17) is 9.47 Å². The lowest BCUT2D eigenvalue weighted by Crippen LogP contribution is -2.45. The van der Waals surface area contributed by atoms with Crippen molar-refractivity contribution in [1.82, 2.24) is 0 Å². The van der Waals surface area contributed by atoms with Crippen LogP contribution in [0.15, 0.2) is 0 Å². The number of aliphatic hydroxyl groups is 1. The Hall–Kier alpha value is -0.120. The number of ether oxygens (including phenoxy) is 2. The molecule has 122 valence electrons. The van der Waals surface area contributed by atoms with Crippen molar-refractivity contribution in [2.45, 2.75) is 98.6 Å². The van der Waals surface area contributed by atoms with Crippen LogP contribution in [0.5, 0.6) is 0 Å².